The van der Waals surface area contributed by atoms with E-state index in [0.29, 0.717) is 5.13 Å². The second-order valence-corrected chi connectivity index (χ2v) is 27.4. The zero-order chi connectivity index (χ0) is 63.6. The Labute approximate surface area is 534 Å². The second kappa shape index (κ2) is 31.9. The molecule has 8 rings (SSSR count). The average molecular weight is 1300 g/mol. The molecule has 470 valence electrons. The van der Waals surface area contributed by atoms with Crippen LogP contribution in [-0.2, 0) is 34.3 Å². The highest BCUT2D eigenvalue weighted by molar-refractivity contribution is 8.02. The molecule has 0 bridgehead atoms. The summed E-state index contributed by atoms with van der Waals surface area (Å²) in [6, 6.07) is 31.6. The summed E-state index contributed by atoms with van der Waals surface area (Å²) in [6.45, 7) is 19.9. The highest BCUT2D eigenvalue weighted by Crippen LogP contribution is 2.44. The number of thiazole rings is 1. The van der Waals surface area contributed by atoms with E-state index in [-0.39, 0.29) is 37.6 Å². The lowest BCUT2D eigenvalue weighted by Gasteiger charge is -2.49. The highest BCUT2D eigenvalue weighted by atomic mass is 32.2. The number of hydrogen-bond donors (Lipinski definition) is 6. The Balaban J connectivity index is 0.000000566. The smallest absolute Gasteiger partial charge is 0.361 e. The van der Waals surface area contributed by atoms with Crippen LogP contribution in [0.1, 0.15) is 133 Å². The van der Waals surface area contributed by atoms with Gasteiger partial charge in [-0.2, -0.15) is 0 Å². The van der Waals surface area contributed by atoms with Crippen LogP contribution in [0.3, 0.4) is 0 Å². The Bertz CT molecular complexity index is 3330. The molecule has 24 heteroatoms. The first-order chi connectivity index (χ1) is 42.2. The number of aliphatic carboxylic acids is 1. The van der Waals surface area contributed by atoms with Crippen LogP contribution in [0.5, 0.6) is 11.5 Å². The normalized spacial score (nSPS) is 15.5. The molecule has 1 fully saturated rings. The van der Waals surface area contributed by atoms with Gasteiger partial charge < -0.3 is 49.9 Å². The number of aromatic amines is 1. The number of quaternary nitrogens is 1. The number of aromatic carboxylic acids is 1. The Morgan fingerprint density at radius 1 is 0.818 bits per heavy atom. The monoisotopic (exact) mass is 1300 g/mol. The minimum atomic E-state index is -1.69. The molecule has 2 amide bonds. The summed E-state index contributed by atoms with van der Waals surface area (Å²) >= 11 is 4.71. The number of β-lactam (4-membered cyclic amide) rings is 1. The predicted octanol–water partition coefficient (Wildman–Crippen LogP) is 10.8. The van der Waals surface area contributed by atoms with Gasteiger partial charge in [0.2, 0.25) is 0 Å². The van der Waals surface area contributed by atoms with E-state index in [1.807, 2.05) is 91.0 Å². The quantitative estimate of drug-likeness (QED) is 0.00281. The highest BCUT2D eigenvalue weighted by Gasteiger charge is 2.54. The number of esters is 1. The first-order valence-corrected chi connectivity index (χ1v) is 34.0. The van der Waals surface area contributed by atoms with Crippen molar-refractivity contribution < 1.29 is 58.5 Å². The Morgan fingerprint density at radius 3 is 1.85 bits per heavy atom. The van der Waals surface area contributed by atoms with Gasteiger partial charge in [0.05, 0.1) is 41.9 Å². The number of carbonyl (C=O) groups excluding carboxylic acids is 4. The fourth-order valence-corrected chi connectivity index (χ4v) is 15.2. The molecule has 0 spiro atoms. The van der Waals surface area contributed by atoms with Crippen LogP contribution < -0.4 is 21.3 Å². The maximum absolute atomic E-state index is 14.7. The minimum Gasteiger partial charge on any atom is -0.545 e. The van der Waals surface area contributed by atoms with Gasteiger partial charge >= 0.3 is 11.9 Å². The summed E-state index contributed by atoms with van der Waals surface area (Å²) in [5.74, 6) is -6.68. The van der Waals surface area contributed by atoms with Crippen molar-refractivity contribution in [3.05, 3.63) is 164 Å². The average Bonchev–Trinajstić information content (AvgIpc) is 0.890. The first-order valence-electron chi connectivity index (χ1n) is 29.4. The Kier molecular flexibility index (Phi) is 24.8. The van der Waals surface area contributed by atoms with Crippen molar-refractivity contribution in [1.82, 2.24) is 19.6 Å². The molecule has 3 unspecified atom stereocenters. The van der Waals surface area contributed by atoms with E-state index in [9.17, 15) is 49.2 Å². The molecule has 0 aliphatic carbocycles. The molecular weight excluding hydrogens is 1220 g/mol. The number of nitrogens with zero attached hydrogens (tertiary/aromatic N) is 4. The Morgan fingerprint density at radius 2 is 1.36 bits per heavy atom. The number of H-pyrrole nitrogens is 1. The van der Waals surface area contributed by atoms with Gasteiger partial charge in [-0.1, -0.05) is 173 Å². The number of oxime groups is 1. The molecule has 1 saturated heterocycles. The van der Waals surface area contributed by atoms with E-state index in [0.717, 1.165) is 79.7 Å². The van der Waals surface area contributed by atoms with Gasteiger partial charge in [0.15, 0.2) is 22.3 Å². The molecular formula is C64H77N7O12S5. The SMILES string of the molecule is CC(C)(C)OC(=O)C(O/N=C(\C(=O)NC1C(=O)N2C(C(=O)O)=C(CSc3s[nH]c(=O)c3C(=O)[O-])CSC12)c1csc(NC(c2ccccc2)(c2ccccc2)c2ccccc2)n1)Sc1ccc(O)c(O)c1.CCCC[N+](CCCC)(CCCC)CCCC. The molecule has 2 aliphatic heterocycles. The summed E-state index contributed by atoms with van der Waals surface area (Å²) < 4.78 is 9.46. The maximum atomic E-state index is 14.7. The number of hydrogen-bond acceptors (Lipinski definition) is 19. The van der Waals surface area contributed by atoms with Crippen LogP contribution >= 0.6 is 58.2 Å². The van der Waals surface area contributed by atoms with E-state index < -0.39 is 86.0 Å². The lowest BCUT2D eigenvalue weighted by molar-refractivity contribution is -0.929. The fourth-order valence-electron chi connectivity index (χ4n) is 10.2. The van der Waals surface area contributed by atoms with Crippen LogP contribution in [0.4, 0.5) is 5.13 Å². The van der Waals surface area contributed by atoms with Gasteiger partial charge in [0, 0.05) is 21.8 Å². The van der Waals surface area contributed by atoms with Crippen molar-refractivity contribution in [1.29, 1.82) is 0 Å². The molecule has 0 radical (unpaired) electrons. The number of phenolic OH excluding ortho intramolecular Hbond substituents is 2. The summed E-state index contributed by atoms with van der Waals surface area (Å²) in [6.07, 6.45) is 11.1. The number of benzene rings is 4. The molecule has 6 aromatic rings. The van der Waals surface area contributed by atoms with Crippen LogP contribution in [0.25, 0.3) is 0 Å². The molecule has 3 atom stereocenters. The number of nitrogens with one attached hydrogen (secondary N) is 3. The number of thioether (sulfide) groups is 3. The molecule has 4 aromatic carbocycles. The van der Waals surface area contributed by atoms with Crippen molar-refractivity contribution in [3.8, 4) is 11.5 Å². The van der Waals surface area contributed by atoms with E-state index in [1.54, 1.807) is 20.8 Å². The third-order valence-electron chi connectivity index (χ3n) is 14.6. The summed E-state index contributed by atoms with van der Waals surface area (Å²) in [4.78, 5) is 90.7. The van der Waals surface area contributed by atoms with Crippen LogP contribution in [0.2, 0.25) is 0 Å². The third-order valence-corrected chi connectivity index (χ3v) is 20.0. The molecule has 4 heterocycles. The Hall–Kier alpha value is -7.09. The molecule has 6 N–H and O–H groups in total. The number of aromatic hydroxyl groups is 2. The lowest BCUT2D eigenvalue weighted by Crippen LogP contribution is -2.71. The van der Waals surface area contributed by atoms with Gasteiger partial charge in [0.25, 0.3) is 22.8 Å². The number of ether oxygens (including phenoxy) is 1. The second-order valence-electron chi connectivity index (χ2n) is 22.2. The van der Waals surface area contributed by atoms with Crippen molar-refractivity contribution in [2.45, 2.75) is 137 Å². The van der Waals surface area contributed by atoms with Crippen molar-refractivity contribution in [2.75, 3.05) is 43.0 Å². The van der Waals surface area contributed by atoms with E-state index in [2.05, 4.69) is 47.9 Å². The minimum absolute atomic E-state index is 0.0401. The van der Waals surface area contributed by atoms with Crippen LogP contribution in [0.15, 0.2) is 145 Å². The molecule has 2 aliphatic rings. The number of amides is 2. The molecule has 2 aromatic heterocycles. The van der Waals surface area contributed by atoms with Crippen LogP contribution in [-0.4, -0.2) is 130 Å². The van der Waals surface area contributed by atoms with E-state index in [1.165, 1.54) is 106 Å². The number of carbonyl (C=O) groups is 5. The van der Waals surface area contributed by atoms with Crippen molar-refractivity contribution in [3.63, 3.8) is 0 Å². The number of aromatic nitrogens is 2. The van der Waals surface area contributed by atoms with E-state index in [4.69, 9.17) is 14.6 Å². The predicted molar refractivity (Wildman–Crippen MR) is 347 cm³/mol. The van der Waals surface area contributed by atoms with Gasteiger partial charge in [-0.25, -0.2) is 14.6 Å². The first kappa shape index (κ1) is 68.4. The van der Waals surface area contributed by atoms with Crippen LogP contribution in [0, 0.1) is 0 Å². The summed E-state index contributed by atoms with van der Waals surface area (Å²) in [5.41, 5.74) is -3.09. The fraction of sp³-hybridized carbons (Fsp3) is 0.406. The summed E-state index contributed by atoms with van der Waals surface area (Å²) in [7, 11) is 0. The lowest BCUT2D eigenvalue weighted by atomic mass is 9.77. The van der Waals surface area contributed by atoms with Gasteiger partial charge in [-0.05, 0) is 86.9 Å². The third kappa shape index (κ3) is 17.2. The standard InChI is InChI=1S/C48H42N6O12S5.C16H36N/c1-47(2,3)65-43(64)44(70-29-19-20-31(55)32(56)21-29)66-52-34(30-24-69-46(49-30)51-48(26-13-7-4-8-14-26,27-15-9-5-10-16-27)28-17-11-6-12-18-28)38(58)50-35-39(59)54-36(42(62)63)25(22-67-40(35)54)23-68-45-33(41(60)61)37(57)53-71-45;1-5-9-13-17(14-10-6-2,15-11-7-3)16-12-8-4/h4-21,24,35,40,44,55-56H,22-23H2,1-3H3,(H,49,51)(H,50,58)(H,53,57)(H,60,61)(H,62,63);5-16H2,1-4H3/q;+1/p-1/b52-34-;. The molecule has 0 saturated carbocycles. The number of phenols is 2. The number of carboxylic acid groups (broad SMARTS) is 2. The van der Waals surface area contributed by atoms with Gasteiger partial charge in [0.1, 0.15) is 33.9 Å². The number of anilines is 1. The van der Waals surface area contributed by atoms with Gasteiger partial charge in [-0.15, -0.1) is 34.9 Å². The zero-order valence-electron chi connectivity index (χ0n) is 50.4. The van der Waals surface area contributed by atoms with Crippen molar-refractivity contribution in [2.24, 2.45) is 5.16 Å². The molecule has 88 heavy (non-hydrogen) atoms. The zero-order valence-corrected chi connectivity index (χ0v) is 54.5. The maximum Gasteiger partial charge on any atom is 0.361 e. The van der Waals surface area contributed by atoms with Gasteiger partial charge in [-0.3, -0.25) is 23.7 Å². The molecule has 19 nitrogen and oxygen atoms in total. The van der Waals surface area contributed by atoms with E-state index >= 15 is 0 Å². The number of unbranched alkanes of at least 4 members (excludes halogenated alkanes) is 4. The largest absolute Gasteiger partial charge is 0.545 e. The number of fused-ring (bicyclic) bond motifs is 1. The van der Waals surface area contributed by atoms with Crippen molar-refractivity contribution >= 4 is 98.7 Å². The number of rotatable bonds is 30. The number of carboxylic acids is 2. The summed E-state index contributed by atoms with van der Waals surface area (Å²) in [5, 5.41) is 53.6. The topological polar surface area (TPSA) is 273 Å².